The summed E-state index contributed by atoms with van der Waals surface area (Å²) < 4.78 is 1.65. The van der Waals surface area contributed by atoms with Gasteiger partial charge in [0.15, 0.2) is 6.29 Å². The van der Waals surface area contributed by atoms with Crippen LogP contribution in [0.15, 0.2) is 54.7 Å². The van der Waals surface area contributed by atoms with Gasteiger partial charge in [0.1, 0.15) is 5.69 Å². The van der Waals surface area contributed by atoms with Crippen LogP contribution in [0.4, 0.5) is 0 Å². The fourth-order valence-corrected chi connectivity index (χ4v) is 2.08. The van der Waals surface area contributed by atoms with E-state index in [-0.39, 0.29) is 0 Å². The van der Waals surface area contributed by atoms with E-state index in [4.69, 9.17) is 0 Å². The Labute approximate surface area is 104 Å². The molecule has 0 bridgehead atoms. The maximum atomic E-state index is 9.55. The molecule has 0 aliphatic rings. The molecule has 2 heterocycles. The molecule has 0 fully saturated rings. The third-order valence-corrected chi connectivity index (χ3v) is 2.88. The lowest BCUT2D eigenvalue weighted by Gasteiger charge is -2.04. The van der Waals surface area contributed by atoms with Crippen LogP contribution in [0, 0.1) is 0 Å². The first kappa shape index (κ1) is 11.0. The topological polar surface area (TPSA) is 57.8 Å². The number of nitrogens with zero attached hydrogens (tertiary/aromatic N) is 2. The fourth-order valence-electron chi connectivity index (χ4n) is 2.08. The van der Waals surface area contributed by atoms with Gasteiger partial charge < -0.3 is 10.2 Å². The number of benzene rings is 1. The van der Waals surface area contributed by atoms with Crippen LogP contribution in [-0.2, 0) is 0 Å². The highest BCUT2D eigenvalue weighted by molar-refractivity contribution is 5.73. The molecule has 2 aromatic heterocycles. The normalized spacial score (nSPS) is 11.3. The van der Waals surface area contributed by atoms with Crippen molar-refractivity contribution in [1.82, 2.24) is 9.61 Å². The molecule has 0 saturated carbocycles. The van der Waals surface area contributed by atoms with Gasteiger partial charge in [0.25, 0.3) is 0 Å². The molecule has 3 rings (SSSR count). The van der Waals surface area contributed by atoms with Crippen molar-refractivity contribution in [2.45, 2.75) is 6.29 Å². The monoisotopic (exact) mass is 240 g/mol. The largest absolute Gasteiger partial charge is 0.364 e. The van der Waals surface area contributed by atoms with Crippen LogP contribution >= 0.6 is 0 Å². The van der Waals surface area contributed by atoms with Crippen molar-refractivity contribution >= 4 is 5.52 Å². The SMILES string of the molecule is OC(O)c1c(-c2ccccc2)nn2ccccc12. The predicted octanol–water partition coefficient (Wildman–Crippen LogP) is 1.98. The van der Waals surface area contributed by atoms with Gasteiger partial charge in [-0.3, -0.25) is 0 Å². The molecule has 1 aromatic carbocycles. The van der Waals surface area contributed by atoms with E-state index >= 15 is 0 Å². The van der Waals surface area contributed by atoms with E-state index in [0.717, 1.165) is 5.56 Å². The van der Waals surface area contributed by atoms with E-state index < -0.39 is 6.29 Å². The Morgan fingerprint density at radius 3 is 2.39 bits per heavy atom. The zero-order valence-corrected chi connectivity index (χ0v) is 9.56. The molecule has 0 radical (unpaired) electrons. The second-order valence-corrected chi connectivity index (χ2v) is 4.03. The molecule has 2 N–H and O–H groups in total. The van der Waals surface area contributed by atoms with Crippen LogP contribution in [0.1, 0.15) is 11.9 Å². The molecular formula is C14H12N2O2. The van der Waals surface area contributed by atoms with Gasteiger partial charge in [-0.05, 0) is 12.1 Å². The Morgan fingerprint density at radius 1 is 0.944 bits per heavy atom. The summed E-state index contributed by atoms with van der Waals surface area (Å²) in [6, 6.07) is 15.0. The highest BCUT2D eigenvalue weighted by atomic mass is 16.5. The van der Waals surface area contributed by atoms with Gasteiger partial charge in [0.05, 0.1) is 11.1 Å². The zero-order chi connectivity index (χ0) is 12.5. The van der Waals surface area contributed by atoms with Crippen molar-refractivity contribution in [3.05, 3.63) is 60.3 Å². The number of hydrogen-bond acceptors (Lipinski definition) is 3. The first-order chi connectivity index (χ1) is 8.77. The number of aliphatic hydroxyl groups is 2. The Bertz CT molecular complexity index is 675. The van der Waals surface area contributed by atoms with Gasteiger partial charge in [0, 0.05) is 11.8 Å². The van der Waals surface area contributed by atoms with Crippen LogP contribution in [-0.4, -0.2) is 19.8 Å². The second kappa shape index (κ2) is 4.25. The highest BCUT2D eigenvalue weighted by Gasteiger charge is 2.18. The fraction of sp³-hybridized carbons (Fsp3) is 0.0714. The third kappa shape index (κ3) is 1.68. The average molecular weight is 240 g/mol. The van der Waals surface area contributed by atoms with E-state index in [0.29, 0.717) is 16.8 Å². The minimum Gasteiger partial charge on any atom is -0.364 e. The molecule has 0 aliphatic carbocycles. The van der Waals surface area contributed by atoms with Crippen LogP contribution in [0.5, 0.6) is 0 Å². The van der Waals surface area contributed by atoms with Gasteiger partial charge in [-0.15, -0.1) is 0 Å². The lowest BCUT2D eigenvalue weighted by Crippen LogP contribution is -1.96. The number of aliphatic hydroxyl groups excluding tert-OH is 1. The van der Waals surface area contributed by atoms with Crippen molar-refractivity contribution in [2.24, 2.45) is 0 Å². The summed E-state index contributed by atoms with van der Waals surface area (Å²) in [6.45, 7) is 0. The van der Waals surface area contributed by atoms with Gasteiger partial charge in [-0.25, -0.2) is 4.52 Å². The van der Waals surface area contributed by atoms with E-state index in [1.54, 1.807) is 10.7 Å². The van der Waals surface area contributed by atoms with Gasteiger partial charge in [0.2, 0.25) is 0 Å². The molecule has 4 heteroatoms. The molecule has 0 saturated heterocycles. The van der Waals surface area contributed by atoms with Gasteiger partial charge in [-0.2, -0.15) is 5.10 Å². The highest BCUT2D eigenvalue weighted by Crippen LogP contribution is 2.29. The maximum absolute atomic E-state index is 9.55. The summed E-state index contributed by atoms with van der Waals surface area (Å²) in [5.41, 5.74) is 2.59. The van der Waals surface area contributed by atoms with E-state index in [2.05, 4.69) is 5.10 Å². The summed E-state index contributed by atoms with van der Waals surface area (Å²) in [4.78, 5) is 0. The zero-order valence-electron chi connectivity index (χ0n) is 9.56. The van der Waals surface area contributed by atoms with Crippen molar-refractivity contribution in [1.29, 1.82) is 0 Å². The van der Waals surface area contributed by atoms with Crippen LogP contribution < -0.4 is 0 Å². The summed E-state index contributed by atoms with van der Waals surface area (Å²) in [6.07, 6.45) is 0.244. The second-order valence-electron chi connectivity index (χ2n) is 4.03. The Morgan fingerprint density at radius 2 is 1.67 bits per heavy atom. The lowest BCUT2D eigenvalue weighted by molar-refractivity contribution is -0.0409. The summed E-state index contributed by atoms with van der Waals surface area (Å²) in [5.74, 6) is 0. The Kier molecular flexibility index (Phi) is 2.59. The molecule has 0 unspecified atom stereocenters. The molecule has 0 spiro atoms. The smallest absolute Gasteiger partial charge is 0.182 e. The third-order valence-electron chi connectivity index (χ3n) is 2.88. The predicted molar refractivity (Wildman–Crippen MR) is 67.8 cm³/mol. The first-order valence-electron chi connectivity index (χ1n) is 5.66. The van der Waals surface area contributed by atoms with Gasteiger partial charge >= 0.3 is 0 Å². The van der Waals surface area contributed by atoms with Gasteiger partial charge in [-0.1, -0.05) is 36.4 Å². The number of hydrogen-bond donors (Lipinski definition) is 2. The number of aromatic nitrogens is 2. The van der Waals surface area contributed by atoms with E-state index in [9.17, 15) is 10.2 Å². The minimum absolute atomic E-state index is 0.432. The summed E-state index contributed by atoms with van der Waals surface area (Å²) >= 11 is 0. The molecule has 0 aliphatic heterocycles. The summed E-state index contributed by atoms with van der Waals surface area (Å²) in [7, 11) is 0. The van der Waals surface area contributed by atoms with E-state index in [1.165, 1.54) is 0 Å². The van der Waals surface area contributed by atoms with Crippen molar-refractivity contribution in [3.8, 4) is 11.3 Å². The average Bonchev–Trinajstić information content (AvgIpc) is 2.79. The Hall–Kier alpha value is -2.17. The van der Waals surface area contributed by atoms with Crippen LogP contribution in [0.2, 0.25) is 0 Å². The molecule has 0 atom stereocenters. The molecular weight excluding hydrogens is 228 g/mol. The molecule has 3 aromatic rings. The lowest BCUT2D eigenvalue weighted by atomic mass is 10.1. The van der Waals surface area contributed by atoms with E-state index in [1.807, 2.05) is 48.5 Å². The molecule has 18 heavy (non-hydrogen) atoms. The van der Waals surface area contributed by atoms with Crippen molar-refractivity contribution in [2.75, 3.05) is 0 Å². The number of pyridine rings is 1. The molecule has 4 nitrogen and oxygen atoms in total. The van der Waals surface area contributed by atoms with Crippen molar-refractivity contribution < 1.29 is 10.2 Å². The number of rotatable bonds is 2. The quantitative estimate of drug-likeness (QED) is 0.673. The maximum Gasteiger partial charge on any atom is 0.182 e. The van der Waals surface area contributed by atoms with Crippen LogP contribution in [0.25, 0.3) is 16.8 Å². The van der Waals surface area contributed by atoms with Crippen LogP contribution in [0.3, 0.4) is 0 Å². The summed E-state index contributed by atoms with van der Waals surface area (Å²) in [5, 5.41) is 23.5. The Balaban J connectivity index is 2.32. The molecule has 90 valence electrons. The first-order valence-corrected chi connectivity index (χ1v) is 5.66. The van der Waals surface area contributed by atoms with Crippen molar-refractivity contribution in [3.63, 3.8) is 0 Å². The number of fused-ring (bicyclic) bond motifs is 1. The molecule has 0 amide bonds. The minimum atomic E-state index is -1.54. The standard InChI is InChI=1S/C14H12N2O2/c17-14(18)12-11-8-4-5-9-16(11)15-13(12)10-6-2-1-3-7-10/h1-9,14,17-18H.